The highest BCUT2D eigenvalue weighted by Gasteiger charge is 2.58. The van der Waals surface area contributed by atoms with Crippen LogP contribution in [0.3, 0.4) is 0 Å². The lowest BCUT2D eigenvalue weighted by atomic mass is 9.74. The summed E-state index contributed by atoms with van der Waals surface area (Å²) in [5, 5.41) is 0.123. The molecular formula is C18H34O3Si2. The van der Waals surface area contributed by atoms with Crippen LogP contribution >= 0.6 is 0 Å². The van der Waals surface area contributed by atoms with Gasteiger partial charge in [0.1, 0.15) is 32.7 Å². The second kappa shape index (κ2) is 5.76. The van der Waals surface area contributed by atoms with Crippen LogP contribution in [0.2, 0.25) is 36.3 Å². The van der Waals surface area contributed by atoms with Crippen LogP contribution < -0.4 is 0 Å². The highest BCUT2D eigenvalue weighted by Crippen LogP contribution is 2.46. The summed E-state index contributed by atoms with van der Waals surface area (Å²) in [5.41, 5.74) is 0. The zero-order valence-corrected chi connectivity index (χ0v) is 18.6. The monoisotopic (exact) mass is 354 g/mol. The third kappa shape index (κ3) is 3.32. The first-order valence-corrected chi connectivity index (χ1v) is 14.6. The van der Waals surface area contributed by atoms with E-state index in [1.54, 1.807) is 0 Å². The second-order valence-electron chi connectivity index (χ2n) is 10.2. The predicted molar refractivity (Wildman–Crippen MR) is 101 cm³/mol. The van der Waals surface area contributed by atoms with Crippen molar-refractivity contribution in [3.63, 3.8) is 0 Å². The third-order valence-corrected chi connectivity index (χ3v) is 17.4. The largest absolute Gasteiger partial charge is 0.305 e. The lowest BCUT2D eigenvalue weighted by Crippen LogP contribution is -2.62. The molecule has 3 nitrogen and oxygen atoms in total. The lowest BCUT2D eigenvalue weighted by Gasteiger charge is -2.46. The highest BCUT2D eigenvalue weighted by molar-refractivity contribution is 7.08. The van der Waals surface area contributed by atoms with Gasteiger partial charge in [-0.1, -0.05) is 67.7 Å². The molecule has 0 saturated heterocycles. The normalized spacial score (nSPS) is 23.5. The molecule has 0 unspecified atom stereocenters. The summed E-state index contributed by atoms with van der Waals surface area (Å²) in [6.45, 7) is 20.7. The minimum absolute atomic E-state index is 0.0168. The van der Waals surface area contributed by atoms with E-state index in [-0.39, 0.29) is 39.0 Å². The number of Topliss-reactive ketones (excluding diaryl/α,β-unsaturated/α-hetero) is 1. The molecule has 0 bridgehead atoms. The molecule has 5 heteroatoms. The van der Waals surface area contributed by atoms with Gasteiger partial charge in [-0.25, -0.2) is 0 Å². The zero-order valence-electron chi connectivity index (χ0n) is 16.6. The van der Waals surface area contributed by atoms with Crippen molar-refractivity contribution in [2.75, 3.05) is 0 Å². The Morgan fingerprint density at radius 3 is 1.48 bits per heavy atom. The Bertz CT molecular complexity index is 533. The maximum Gasteiger partial charge on any atom is 0.144 e. The van der Waals surface area contributed by atoms with Crippen LogP contribution in [0.15, 0.2) is 0 Å². The number of hydrogen-bond donors (Lipinski definition) is 0. The Morgan fingerprint density at radius 2 is 1.17 bits per heavy atom. The van der Waals surface area contributed by atoms with Gasteiger partial charge >= 0.3 is 0 Å². The van der Waals surface area contributed by atoms with Crippen LogP contribution in [0.25, 0.3) is 0 Å². The minimum Gasteiger partial charge on any atom is -0.305 e. The molecule has 1 rings (SSSR count). The molecule has 0 aliphatic heterocycles. The first kappa shape index (κ1) is 20.5. The molecule has 1 aliphatic rings. The topological polar surface area (TPSA) is 51.2 Å². The van der Waals surface area contributed by atoms with Gasteiger partial charge in [-0.05, 0) is 10.1 Å². The molecule has 0 aromatic heterocycles. The van der Waals surface area contributed by atoms with Gasteiger partial charge < -0.3 is 9.59 Å². The number of hydrogen-bond acceptors (Lipinski definition) is 3. The molecule has 0 amide bonds. The van der Waals surface area contributed by atoms with E-state index in [1.807, 2.05) is 13.1 Å². The Morgan fingerprint density at radius 1 is 0.826 bits per heavy atom. The molecule has 0 spiro atoms. The molecule has 0 N–H and O–H groups in total. The Hall–Kier alpha value is -0.556. The average molecular weight is 355 g/mol. The SMILES string of the molecule is CC(C)(C)[Si](C)(C)C(=O)[C@@H]1C(=O)C[C@@H]1C(=O)[Si](C)(C)C(C)(C)C. The van der Waals surface area contributed by atoms with Crippen LogP contribution in [-0.4, -0.2) is 32.7 Å². The molecule has 0 radical (unpaired) electrons. The van der Waals surface area contributed by atoms with Gasteiger partial charge in [-0.2, -0.15) is 0 Å². The molecule has 1 aliphatic carbocycles. The quantitative estimate of drug-likeness (QED) is 0.554. The number of rotatable bonds is 4. The summed E-state index contributed by atoms with van der Waals surface area (Å²) in [7, 11) is -4.46. The molecule has 0 aromatic carbocycles. The molecule has 132 valence electrons. The lowest BCUT2D eigenvalue weighted by molar-refractivity contribution is -0.145. The van der Waals surface area contributed by atoms with E-state index in [0.29, 0.717) is 0 Å². The summed E-state index contributed by atoms with van der Waals surface area (Å²) in [6, 6.07) is 0. The smallest absolute Gasteiger partial charge is 0.144 e. The van der Waals surface area contributed by atoms with Crippen LogP contribution in [0, 0.1) is 11.8 Å². The van der Waals surface area contributed by atoms with E-state index >= 15 is 0 Å². The van der Waals surface area contributed by atoms with E-state index in [9.17, 15) is 14.4 Å². The van der Waals surface area contributed by atoms with Crippen molar-refractivity contribution in [3.05, 3.63) is 0 Å². The maximum absolute atomic E-state index is 13.1. The number of carbonyl (C=O) groups is 3. The fourth-order valence-corrected chi connectivity index (χ4v) is 6.50. The number of ketones is 1. The predicted octanol–water partition coefficient (Wildman–Crippen LogP) is 4.43. The van der Waals surface area contributed by atoms with Gasteiger partial charge in [0.2, 0.25) is 0 Å². The van der Waals surface area contributed by atoms with Gasteiger partial charge in [-0.3, -0.25) is 4.79 Å². The number of carbonyl (C=O) groups excluding carboxylic acids is 3. The van der Waals surface area contributed by atoms with Crippen LogP contribution in [0.5, 0.6) is 0 Å². The van der Waals surface area contributed by atoms with Gasteiger partial charge in [0.25, 0.3) is 0 Å². The molecule has 0 heterocycles. The summed E-state index contributed by atoms with van der Waals surface area (Å²) in [6.07, 6.45) is 0.274. The van der Waals surface area contributed by atoms with Crippen LogP contribution in [0.1, 0.15) is 48.0 Å². The summed E-state index contributed by atoms with van der Waals surface area (Å²) in [5.74, 6) is -1.03. The average Bonchev–Trinajstić information content (AvgIpc) is 2.31. The van der Waals surface area contributed by atoms with E-state index in [2.05, 4.69) is 54.6 Å². The second-order valence-corrected chi connectivity index (χ2v) is 20.7. The Labute approximate surface area is 143 Å². The fourth-order valence-electron chi connectivity index (χ4n) is 2.69. The molecule has 23 heavy (non-hydrogen) atoms. The maximum atomic E-state index is 13.1. The molecule has 1 fully saturated rings. The molecular weight excluding hydrogens is 320 g/mol. The van der Waals surface area contributed by atoms with Crippen molar-refractivity contribution in [1.82, 2.24) is 0 Å². The molecule has 0 aromatic rings. The van der Waals surface area contributed by atoms with Crippen molar-refractivity contribution in [3.8, 4) is 0 Å². The van der Waals surface area contributed by atoms with Gasteiger partial charge in [0.15, 0.2) is 0 Å². The van der Waals surface area contributed by atoms with Crippen LogP contribution in [-0.2, 0) is 14.4 Å². The first-order valence-electron chi connectivity index (χ1n) is 8.57. The standard InChI is InChI=1S/C18H34O3Si2/c1-17(2,3)22(7,8)15(20)12-11-13(19)14(12)16(21)23(9,10)18(4,5)6/h12,14H,11H2,1-10H3/t12-,14-/m0/s1. The van der Waals surface area contributed by atoms with E-state index in [0.717, 1.165) is 0 Å². The Balaban J connectivity index is 3.13. The molecule has 1 saturated carbocycles. The highest BCUT2D eigenvalue weighted by atomic mass is 28.3. The molecule has 2 atom stereocenters. The Kier molecular flexibility index (Phi) is 5.13. The van der Waals surface area contributed by atoms with Gasteiger partial charge in [0, 0.05) is 12.3 Å². The van der Waals surface area contributed by atoms with Gasteiger partial charge in [-0.15, -0.1) is 0 Å². The van der Waals surface area contributed by atoms with Gasteiger partial charge in [0.05, 0.1) is 5.92 Å². The zero-order chi connectivity index (χ0) is 18.6. The van der Waals surface area contributed by atoms with Crippen molar-refractivity contribution in [1.29, 1.82) is 0 Å². The van der Waals surface area contributed by atoms with E-state index in [4.69, 9.17) is 0 Å². The first-order chi connectivity index (χ1) is 9.96. The summed E-state index contributed by atoms with van der Waals surface area (Å²) in [4.78, 5) is 38.4. The van der Waals surface area contributed by atoms with Crippen molar-refractivity contribution >= 4 is 32.7 Å². The van der Waals surface area contributed by atoms with Crippen molar-refractivity contribution < 1.29 is 14.4 Å². The van der Waals surface area contributed by atoms with Crippen molar-refractivity contribution in [2.45, 2.75) is 84.2 Å². The third-order valence-electron chi connectivity index (χ3n) is 6.77. The summed E-state index contributed by atoms with van der Waals surface area (Å²) < 4.78 is 0. The summed E-state index contributed by atoms with van der Waals surface area (Å²) >= 11 is 0. The van der Waals surface area contributed by atoms with Crippen molar-refractivity contribution in [2.24, 2.45) is 11.8 Å². The van der Waals surface area contributed by atoms with E-state index in [1.165, 1.54) is 0 Å². The van der Waals surface area contributed by atoms with E-state index < -0.39 is 22.1 Å². The van der Waals surface area contributed by atoms with Crippen LogP contribution in [0.4, 0.5) is 0 Å². The fraction of sp³-hybridized carbons (Fsp3) is 0.833. The minimum atomic E-state index is -2.27.